The summed E-state index contributed by atoms with van der Waals surface area (Å²) in [6.07, 6.45) is -0.117. The number of aryl methyl sites for hydroxylation is 1. The number of hydrogen-bond acceptors (Lipinski definition) is 1. The summed E-state index contributed by atoms with van der Waals surface area (Å²) in [6, 6.07) is 18.4. The molecule has 3 aromatic carbocycles. The maximum Gasteiger partial charge on any atom is 0.123 e. The summed E-state index contributed by atoms with van der Waals surface area (Å²) in [7, 11) is 0. The zero-order valence-electron chi connectivity index (χ0n) is 11.9. The highest BCUT2D eigenvalue weighted by molar-refractivity contribution is 5.88. The van der Waals surface area contributed by atoms with E-state index in [1.54, 1.807) is 12.1 Å². The lowest BCUT2D eigenvalue weighted by Crippen LogP contribution is -2.03. The first-order chi connectivity index (χ1) is 10.1. The second kappa shape index (κ2) is 5.66. The fourth-order valence-electron chi connectivity index (χ4n) is 2.72. The van der Waals surface area contributed by atoms with Crippen molar-refractivity contribution in [1.29, 1.82) is 0 Å². The number of aliphatic hydroxyl groups excluding tert-OH is 1. The summed E-state index contributed by atoms with van der Waals surface area (Å²) < 4.78 is 12.9. The number of fused-ring (bicyclic) bond motifs is 1. The molecule has 2 heteroatoms. The standard InChI is InChI=1S/C19H17FO/c1-13-6-11-18(17-5-3-2-4-16(13)17)19(21)12-14-7-9-15(20)10-8-14/h2-11,19,21H,12H2,1H3. The van der Waals surface area contributed by atoms with Gasteiger partial charge in [0.25, 0.3) is 0 Å². The van der Waals surface area contributed by atoms with Gasteiger partial charge in [-0.05, 0) is 46.5 Å². The van der Waals surface area contributed by atoms with E-state index in [4.69, 9.17) is 0 Å². The van der Waals surface area contributed by atoms with Crippen LogP contribution in [-0.4, -0.2) is 5.11 Å². The van der Waals surface area contributed by atoms with Crippen molar-refractivity contribution < 1.29 is 9.50 Å². The predicted octanol–water partition coefficient (Wildman–Crippen LogP) is 4.56. The van der Waals surface area contributed by atoms with Gasteiger partial charge in [0.05, 0.1) is 6.10 Å². The average Bonchev–Trinajstić information content (AvgIpc) is 2.50. The van der Waals surface area contributed by atoms with E-state index in [0.29, 0.717) is 6.42 Å². The molecule has 0 aliphatic rings. The lowest BCUT2D eigenvalue weighted by molar-refractivity contribution is 0.180. The number of hydrogen-bond donors (Lipinski definition) is 1. The van der Waals surface area contributed by atoms with Crippen LogP contribution in [0.15, 0.2) is 60.7 Å². The van der Waals surface area contributed by atoms with Crippen LogP contribution < -0.4 is 0 Å². The van der Waals surface area contributed by atoms with Crippen molar-refractivity contribution in [2.75, 3.05) is 0 Å². The largest absolute Gasteiger partial charge is 0.388 e. The molecule has 0 aliphatic heterocycles. The molecule has 0 aromatic heterocycles. The topological polar surface area (TPSA) is 20.2 Å². The van der Waals surface area contributed by atoms with Gasteiger partial charge in [0, 0.05) is 6.42 Å². The Balaban J connectivity index is 1.96. The molecule has 0 bridgehead atoms. The minimum absolute atomic E-state index is 0.256. The second-order valence-electron chi connectivity index (χ2n) is 5.36. The van der Waals surface area contributed by atoms with Crippen molar-refractivity contribution in [1.82, 2.24) is 0 Å². The van der Waals surface area contributed by atoms with Crippen LogP contribution in [0.25, 0.3) is 10.8 Å². The van der Waals surface area contributed by atoms with Crippen LogP contribution in [0.5, 0.6) is 0 Å². The molecule has 1 N–H and O–H groups in total. The van der Waals surface area contributed by atoms with E-state index >= 15 is 0 Å². The van der Waals surface area contributed by atoms with Crippen LogP contribution >= 0.6 is 0 Å². The summed E-state index contributed by atoms with van der Waals surface area (Å²) in [6.45, 7) is 2.07. The van der Waals surface area contributed by atoms with E-state index < -0.39 is 6.10 Å². The molecule has 1 atom stereocenters. The Morgan fingerprint density at radius 3 is 2.29 bits per heavy atom. The molecular formula is C19H17FO. The molecule has 0 radical (unpaired) electrons. The summed E-state index contributed by atoms with van der Waals surface area (Å²) in [4.78, 5) is 0. The normalized spacial score (nSPS) is 12.5. The molecule has 0 fully saturated rings. The van der Waals surface area contributed by atoms with Crippen LogP contribution in [0.3, 0.4) is 0 Å². The van der Waals surface area contributed by atoms with Crippen LogP contribution in [0.2, 0.25) is 0 Å². The number of benzene rings is 3. The Morgan fingerprint density at radius 1 is 0.905 bits per heavy atom. The molecule has 21 heavy (non-hydrogen) atoms. The predicted molar refractivity (Wildman–Crippen MR) is 83.7 cm³/mol. The SMILES string of the molecule is Cc1ccc(C(O)Cc2ccc(F)cc2)c2ccccc12. The molecule has 0 saturated heterocycles. The second-order valence-corrected chi connectivity index (χ2v) is 5.36. The molecule has 3 rings (SSSR count). The highest BCUT2D eigenvalue weighted by Gasteiger charge is 2.13. The zero-order valence-corrected chi connectivity index (χ0v) is 11.9. The van der Waals surface area contributed by atoms with Gasteiger partial charge in [-0.1, -0.05) is 48.5 Å². The molecule has 0 saturated carbocycles. The molecular weight excluding hydrogens is 263 g/mol. The van der Waals surface area contributed by atoms with Crippen molar-refractivity contribution in [2.24, 2.45) is 0 Å². The van der Waals surface area contributed by atoms with Crippen molar-refractivity contribution in [2.45, 2.75) is 19.4 Å². The molecule has 0 heterocycles. The molecule has 1 unspecified atom stereocenters. The molecule has 106 valence electrons. The third kappa shape index (κ3) is 2.81. The maximum absolute atomic E-state index is 12.9. The van der Waals surface area contributed by atoms with Crippen LogP contribution in [0.4, 0.5) is 4.39 Å². The summed E-state index contributed by atoms with van der Waals surface area (Å²) >= 11 is 0. The van der Waals surface area contributed by atoms with E-state index in [1.165, 1.54) is 17.7 Å². The van der Waals surface area contributed by atoms with Gasteiger partial charge in [0.15, 0.2) is 0 Å². The van der Waals surface area contributed by atoms with Gasteiger partial charge >= 0.3 is 0 Å². The van der Waals surface area contributed by atoms with Gasteiger partial charge in [-0.15, -0.1) is 0 Å². The summed E-state index contributed by atoms with van der Waals surface area (Å²) in [5, 5.41) is 12.8. The maximum atomic E-state index is 12.9. The highest BCUT2D eigenvalue weighted by Crippen LogP contribution is 2.28. The van der Waals surface area contributed by atoms with Gasteiger partial charge in [-0.2, -0.15) is 0 Å². The molecule has 0 aliphatic carbocycles. The van der Waals surface area contributed by atoms with E-state index in [-0.39, 0.29) is 5.82 Å². The van der Waals surface area contributed by atoms with E-state index in [9.17, 15) is 9.50 Å². The monoisotopic (exact) mass is 280 g/mol. The van der Waals surface area contributed by atoms with Crippen molar-refractivity contribution >= 4 is 10.8 Å². The molecule has 1 nitrogen and oxygen atoms in total. The van der Waals surface area contributed by atoms with Crippen molar-refractivity contribution in [3.63, 3.8) is 0 Å². The quantitative estimate of drug-likeness (QED) is 0.745. The smallest absolute Gasteiger partial charge is 0.123 e. The third-order valence-corrected chi connectivity index (χ3v) is 3.88. The van der Waals surface area contributed by atoms with E-state index in [1.807, 2.05) is 30.3 Å². The van der Waals surface area contributed by atoms with E-state index in [0.717, 1.165) is 21.9 Å². The Bertz CT molecular complexity index is 762. The lowest BCUT2D eigenvalue weighted by Gasteiger charge is -2.15. The highest BCUT2D eigenvalue weighted by atomic mass is 19.1. The zero-order chi connectivity index (χ0) is 14.8. The van der Waals surface area contributed by atoms with Gasteiger partial charge < -0.3 is 5.11 Å². The van der Waals surface area contributed by atoms with Gasteiger partial charge in [-0.3, -0.25) is 0 Å². The van der Waals surface area contributed by atoms with E-state index in [2.05, 4.69) is 13.0 Å². The third-order valence-electron chi connectivity index (χ3n) is 3.88. The Kier molecular flexibility index (Phi) is 3.72. The van der Waals surface area contributed by atoms with Gasteiger partial charge in [-0.25, -0.2) is 4.39 Å². The fraction of sp³-hybridized carbons (Fsp3) is 0.158. The Labute approximate surface area is 123 Å². The number of aliphatic hydroxyl groups is 1. The minimum Gasteiger partial charge on any atom is -0.388 e. The number of rotatable bonds is 3. The fourth-order valence-corrected chi connectivity index (χ4v) is 2.72. The minimum atomic E-state index is -0.596. The van der Waals surface area contributed by atoms with Gasteiger partial charge in [0.2, 0.25) is 0 Å². The molecule has 3 aromatic rings. The molecule has 0 amide bonds. The summed E-state index contributed by atoms with van der Waals surface area (Å²) in [5.74, 6) is -0.256. The van der Waals surface area contributed by atoms with Crippen LogP contribution in [-0.2, 0) is 6.42 Å². The van der Waals surface area contributed by atoms with Crippen molar-refractivity contribution in [3.8, 4) is 0 Å². The lowest BCUT2D eigenvalue weighted by atomic mass is 9.94. The van der Waals surface area contributed by atoms with Crippen molar-refractivity contribution in [3.05, 3.63) is 83.2 Å². The van der Waals surface area contributed by atoms with Gasteiger partial charge in [0.1, 0.15) is 5.82 Å². The first-order valence-corrected chi connectivity index (χ1v) is 7.06. The Morgan fingerprint density at radius 2 is 1.57 bits per heavy atom. The van der Waals surface area contributed by atoms with Crippen LogP contribution in [0.1, 0.15) is 22.8 Å². The number of halogens is 1. The Hall–Kier alpha value is -2.19. The van der Waals surface area contributed by atoms with Crippen LogP contribution in [0, 0.1) is 12.7 Å². The average molecular weight is 280 g/mol. The summed E-state index contributed by atoms with van der Waals surface area (Å²) in [5.41, 5.74) is 3.04. The molecule has 0 spiro atoms. The first kappa shape index (κ1) is 13.8. The first-order valence-electron chi connectivity index (χ1n) is 7.06.